The Bertz CT molecular complexity index is 917. The summed E-state index contributed by atoms with van der Waals surface area (Å²) in [4.78, 5) is 6.69. The molecule has 0 saturated carbocycles. The fraction of sp³-hybridized carbons (Fsp3) is 0.529. The van der Waals surface area contributed by atoms with Crippen molar-refractivity contribution in [1.82, 2.24) is 19.3 Å². The van der Waals surface area contributed by atoms with Gasteiger partial charge in [-0.15, -0.1) is 0 Å². The van der Waals surface area contributed by atoms with Crippen LogP contribution in [0.1, 0.15) is 32.5 Å². The molecule has 1 aromatic heterocycles. The standard InChI is InChI=1S/C17H22Cl2N4O3S/c1-17(2,3)16-20-15(21-26-16)11-22-6-8-23(9-7-22)27(24,25)12-4-5-13(18)14(19)10-12/h4-5,10H,6-9,11H2,1-3H3. The lowest BCUT2D eigenvalue weighted by Crippen LogP contribution is -2.48. The summed E-state index contributed by atoms with van der Waals surface area (Å²) in [6.07, 6.45) is 0. The Kier molecular flexibility index (Phi) is 5.84. The third-order valence-electron chi connectivity index (χ3n) is 4.33. The lowest BCUT2D eigenvalue weighted by molar-refractivity contribution is 0.176. The maximum absolute atomic E-state index is 12.8. The van der Waals surface area contributed by atoms with Crippen LogP contribution in [0.5, 0.6) is 0 Å². The Morgan fingerprint density at radius 3 is 2.33 bits per heavy atom. The van der Waals surface area contributed by atoms with Crippen molar-refractivity contribution < 1.29 is 12.9 Å². The van der Waals surface area contributed by atoms with E-state index < -0.39 is 10.0 Å². The quantitative estimate of drug-likeness (QED) is 0.737. The molecule has 2 aromatic rings. The Morgan fingerprint density at radius 1 is 1.11 bits per heavy atom. The number of hydrogen-bond donors (Lipinski definition) is 0. The topological polar surface area (TPSA) is 79.5 Å². The van der Waals surface area contributed by atoms with Gasteiger partial charge in [0.1, 0.15) is 0 Å². The van der Waals surface area contributed by atoms with Gasteiger partial charge in [-0.05, 0) is 18.2 Å². The molecule has 0 bridgehead atoms. The molecule has 0 amide bonds. The third-order valence-corrected chi connectivity index (χ3v) is 6.97. The summed E-state index contributed by atoms with van der Waals surface area (Å²) < 4.78 is 32.4. The molecule has 0 spiro atoms. The zero-order valence-corrected chi connectivity index (χ0v) is 17.8. The van der Waals surface area contributed by atoms with E-state index in [2.05, 4.69) is 15.0 Å². The number of piperazine rings is 1. The van der Waals surface area contributed by atoms with Crippen molar-refractivity contribution in [3.8, 4) is 0 Å². The van der Waals surface area contributed by atoms with Gasteiger partial charge in [0.2, 0.25) is 15.9 Å². The molecule has 0 aliphatic carbocycles. The van der Waals surface area contributed by atoms with Crippen LogP contribution >= 0.6 is 23.2 Å². The summed E-state index contributed by atoms with van der Waals surface area (Å²) in [5.74, 6) is 1.21. The number of sulfonamides is 1. The summed E-state index contributed by atoms with van der Waals surface area (Å²) in [7, 11) is -3.60. The first-order valence-corrected chi connectivity index (χ1v) is 10.8. The molecule has 2 heterocycles. The number of nitrogens with zero attached hydrogens (tertiary/aromatic N) is 4. The maximum Gasteiger partial charge on any atom is 0.243 e. The molecule has 0 atom stereocenters. The van der Waals surface area contributed by atoms with E-state index in [1.807, 2.05) is 20.8 Å². The molecule has 1 aliphatic heterocycles. The van der Waals surface area contributed by atoms with E-state index in [1.165, 1.54) is 22.5 Å². The van der Waals surface area contributed by atoms with Crippen LogP contribution in [0.25, 0.3) is 0 Å². The van der Waals surface area contributed by atoms with Gasteiger partial charge < -0.3 is 4.52 Å². The summed E-state index contributed by atoms with van der Waals surface area (Å²) in [6, 6.07) is 4.36. The van der Waals surface area contributed by atoms with E-state index in [0.29, 0.717) is 49.5 Å². The molecule has 1 aliphatic rings. The van der Waals surface area contributed by atoms with E-state index in [4.69, 9.17) is 27.7 Å². The highest BCUT2D eigenvalue weighted by Crippen LogP contribution is 2.27. The molecule has 1 saturated heterocycles. The molecule has 0 unspecified atom stereocenters. The fourth-order valence-electron chi connectivity index (χ4n) is 2.74. The molecule has 3 rings (SSSR count). The minimum absolute atomic E-state index is 0.151. The monoisotopic (exact) mass is 432 g/mol. The summed E-state index contributed by atoms with van der Waals surface area (Å²) >= 11 is 11.8. The van der Waals surface area contributed by atoms with Gasteiger partial charge in [0, 0.05) is 31.6 Å². The minimum atomic E-state index is -3.60. The second-order valence-electron chi connectivity index (χ2n) is 7.52. The second-order valence-corrected chi connectivity index (χ2v) is 10.3. The summed E-state index contributed by atoms with van der Waals surface area (Å²) in [5, 5.41) is 4.58. The zero-order chi connectivity index (χ0) is 19.8. The van der Waals surface area contributed by atoms with Crippen molar-refractivity contribution in [3.63, 3.8) is 0 Å². The average molecular weight is 433 g/mol. The molecule has 1 fully saturated rings. The van der Waals surface area contributed by atoms with Crippen molar-refractivity contribution >= 4 is 33.2 Å². The number of hydrogen-bond acceptors (Lipinski definition) is 6. The average Bonchev–Trinajstić information content (AvgIpc) is 3.06. The van der Waals surface area contributed by atoms with Crippen molar-refractivity contribution in [1.29, 1.82) is 0 Å². The number of halogens is 2. The second kappa shape index (κ2) is 7.67. The molecule has 27 heavy (non-hydrogen) atoms. The molecule has 148 valence electrons. The van der Waals surface area contributed by atoms with Crippen LogP contribution in [-0.4, -0.2) is 53.9 Å². The fourth-order valence-corrected chi connectivity index (χ4v) is 4.55. The Hall–Kier alpha value is -1.19. The lowest BCUT2D eigenvalue weighted by atomic mass is 9.97. The predicted octanol–water partition coefficient (Wildman–Crippen LogP) is 3.18. The van der Waals surface area contributed by atoms with Crippen molar-refractivity contribution in [3.05, 3.63) is 40.0 Å². The first-order valence-electron chi connectivity index (χ1n) is 8.58. The highest BCUT2D eigenvalue weighted by atomic mass is 35.5. The molecule has 1 aromatic carbocycles. The van der Waals surface area contributed by atoms with Crippen molar-refractivity contribution in [2.75, 3.05) is 26.2 Å². The molecular formula is C17H22Cl2N4O3S. The highest BCUT2D eigenvalue weighted by molar-refractivity contribution is 7.89. The number of rotatable bonds is 4. The Labute approximate surface area is 169 Å². The Balaban J connectivity index is 1.63. The summed E-state index contributed by atoms with van der Waals surface area (Å²) in [6.45, 7) is 8.49. The van der Waals surface area contributed by atoms with Crippen LogP contribution in [0.15, 0.2) is 27.6 Å². The highest BCUT2D eigenvalue weighted by Gasteiger charge is 2.30. The van der Waals surface area contributed by atoms with Gasteiger partial charge in [-0.3, -0.25) is 4.90 Å². The number of aromatic nitrogens is 2. The first-order chi connectivity index (χ1) is 12.6. The van der Waals surface area contributed by atoms with Crippen LogP contribution in [0.3, 0.4) is 0 Å². The molecule has 0 N–H and O–H groups in total. The van der Waals surface area contributed by atoms with Crippen LogP contribution in [0.2, 0.25) is 10.0 Å². The molecule has 7 nitrogen and oxygen atoms in total. The largest absolute Gasteiger partial charge is 0.339 e. The van der Waals surface area contributed by atoms with Gasteiger partial charge >= 0.3 is 0 Å². The normalized spacial score (nSPS) is 17.4. The van der Waals surface area contributed by atoms with Gasteiger partial charge in [0.25, 0.3) is 0 Å². The molecular weight excluding hydrogens is 411 g/mol. The minimum Gasteiger partial charge on any atom is -0.339 e. The maximum atomic E-state index is 12.8. The zero-order valence-electron chi connectivity index (χ0n) is 15.4. The van der Waals surface area contributed by atoms with Gasteiger partial charge in [-0.2, -0.15) is 9.29 Å². The lowest BCUT2D eigenvalue weighted by Gasteiger charge is -2.33. The predicted molar refractivity (Wildman–Crippen MR) is 103 cm³/mol. The van der Waals surface area contributed by atoms with E-state index in [9.17, 15) is 8.42 Å². The molecule has 10 heteroatoms. The van der Waals surface area contributed by atoms with E-state index in [-0.39, 0.29) is 15.3 Å². The SMILES string of the molecule is CC(C)(C)c1nc(CN2CCN(S(=O)(=O)c3ccc(Cl)c(Cl)c3)CC2)no1. The van der Waals surface area contributed by atoms with E-state index >= 15 is 0 Å². The van der Waals surface area contributed by atoms with Gasteiger partial charge in [0.05, 0.1) is 21.5 Å². The van der Waals surface area contributed by atoms with Crippen molar-refractivity contribution in [2.45, 2.75) is 37.6 Å². The smallest absolute Gasteiger partial charge is 0.243 e. The van der Waals surface area contributed by atoms with Crippen LogP contribution < -0.4 is 0 Å². The van der Waals surface area contributed by atoms with Gasteiger partial charge in [-0.25, -0.2) is 8.42 Å². The van der Waals surface area contributed by atoms with Crippen LogP contribution in [0, 0.1) is 0 Å². The van der Waals surface area contributed by atoms with Crippen molar-refractivity contribution in [2.24, 2.45) is 0 Å². The van der Waals surface area contributed by atoms with E-state index in [1.54, 1.807) is 0 Å². The van der Waals surface area contributed by atoms with E-state index in [0.717, 1.165) is 0 Å². The Morgan fingerprint density at radius 2 is 1.78 bits per heavy atom. The third kappa shape index (κ3) is 4.63. The van der Waals surface area contributed by atoms with Crippen LogP contribution in [-0.2, 0) is 22.0 Å². The first kappa shape index (κ1) is 20.5. The summed E-state index contributed by atoms with van der Waals surface area (Å²) in [5.41, 5.74) is -0.197. The number of benzene rings is 1. The van der Waals surface area contributed by atoms with Gasteiger partial charge in [-0.1, -0.05) is 49.1 Å². The molecule has 0 radical (unpaired) electrons. The van der Waals surface area contributed by atoms with Gasteiger partial charge in [0.15, 0.2) is 5.82 Å². The van der Waals surface area contributed by atoms with Crippen LogP contribution in [0.4, 0.5) is 0 Å².